The summed E-state index contributed by atoms with van der Waals surface area (Å²) in [5, 5.41) is 0. The van der Waals surface area contributed by atoms with Crippen molar-refractivity contribution in [1.29, 1.82) is 0 Å². The van der Waals surface area contributed by atoms with Crippen molar-refractivity contribution in [1.82, 2.24) is 4.90 Å². The molecule has 1 aliphatic rings. The molecule has 1 heterocycles. The van der Waals surface area contributed by atoms with E-state index in [1.54, 1.807) is 0 Å². The minimum atomic E-state index is 0.196. The van der Waals surface area contributed by atoms with E-state index >= 15 is 0 Å². The first-order valence-electron chi connectivity index (χ1n) is 21.4. The third-order valence-electron chi connectivity index (χ3n) is 9.89. The van der Waals surface area contributed by atoms with Crippen LogP contribution in [0.4, 0.5) is 0 Å². The lowest BCUT2D eigenvalue weighted by Crippen LogP contribution is -2.30. The Hall–Kier alpha value is -1.94. The van der Waals surface area contributed by atoms with Gasteiger partial charge in [0, 0.05) is 32.8 Å². The van der Waals surface area contributed by atoms with Crippen molar-refractivity contribution >= 4 is 0 Å². The lowest BCUT2D eigenvalue weighted by atomic mass is 10.1. The Bertz CT molecular complexity index is 909. The van der Waals surface area contributed by atoms with Gasteiger partial charge in [0.1, 0.15) is 0 Å². The van der Waals surface area contributed by atoms with E-state index in [-0.39, 0.29) is 12.2 Å². The van der Waals surface area contributed by atoms with Crippen LogP contribution in [-0.4, -0.2) is 43.4 Å². The Labute approximate surface area is 311 Å². The van der Waals surface area contributed by atoms with Gasteiger partial charge in [0.25, 0.3) is 0 Å². The first-order valence-corrected chi connectivity index (χ1v) is 21.4. The molecule has 0 saturated carbocycles. The molecule has 2 rings (SSSR count). The molecule has 3 nitrogen and oxygen atoms in total. The van der Waals surface area contributed by atoms with Crippen LogP contribution in [-0.2, 0) is 16.0 Å². The van der Waals surface area contributed by atoms with Gasteiger partial charge in [-0.1, -0.05) is 170 Å². The molecular weight excluding hydrogens is 611 g/mol. The van der Waals surface area contributed by atoms with Crippen molar-refractivity contribution in [3.05, 3.63) is 84.5 Å². The third kappa shape index (κ3) is 25.9. The van der Waals surface area contributed by atoms with Crippen LogP contribution in [0, 0.1) is 0 Å². The second kappa shape index (κ2) is 34.2. The van der Waals surface area contributed by atoms with Crippen LogP contribution < -0.4 is 0 Å². The smallest absolute Gasteiger partial charge is 0.0975 e. The molecule has 2 atom stereocenters. The molecule has 0 aliphatic carbocycles. The quantitative estimate of drug-likeness (QED) is 0.0531. The Morgan fingerprint density at radius 1 is 0.480 bits per heavy atom. The minimum absolute atomic E-state index is 0.196. The highest BCUT2D eigenvalue weighted by atomic mass is 16.5. The van der Waals surface area contributed by atoms with E-state index in [1.165, 1.54) is 147 Å². The number of hydrogen-bond donors (Lipinski definition) is 0. The summed E-state index contributed by atoms with van der Waals surface area (Å²) in [6.45, 7) is 9.20. The van der Waals surface area contributed by atoms with Gasteiger partial charge in [-0.3, -0.25) is 4.90 Å². The van der Waals surface area contributed by atoms with E-state index in [0.717, 1.165) is 45.7 Å². The maximum Gasteiger partial charge on any atom is 0.0975 e. The number of unbranched alkanes of at least 4 members (excludes halogenated alkanes) is 18. The fraction of sp³-hybridized carbons (Fsp3) is 0.702. The Kier molecular flexibility index (Phi) is 30.2. The zero-order valence-corrected chi connectivity index (χ0v) is 32.9. The number of allylic oxidation sites excluding steroid dienone is 8. The fourth-order valence-corrected chi connectivity index (χ4v) is 6.76. The normalized spacial score (nSPS) is 17.2. The Morgan fingerprint density at radius 3 is 1.28 bits per heavy atom. The molecule has 0 unspecified atom stereocenters. The van der Waals surface area contributed by atoms with Gasteiger partial charge >= 0.3 is 0 Å². The average Bonchev–Trinajstić information content (AvgIpc) is 3.51. The maximum absolute atomic E-state index is 6.50. The number of nitrogens with zero attached hydrogens (tertiary/aromatic N) is 1. The lowest BCUT2D eigenvalue weighted by molar-refractivity contribution is -0.0481. The summed E-state index contributed by atoms with van der Waals surface area (Å²) in [5.74, 6) is 0. The second-order valence-corrected chi connectivity index (χ2v) is 14.7. The van der Waals surface area contributed by atoms with Gasteiger partial charge in [0.05, 0.1) is 12.2 Å². The van der Waals surface area contributed by atoms with Crippen LogP contribution >= 0.6 is 0 Å². The molecule has 1 fully saturated rings. The molecule has 1 saturated heterocycles. The highest BCUT2D eigenvalue weighted by molar-refractivity contribution is 5.15. The topological polar surface area (TPSA) is 21.7 Å². The SMILES string of the molecule is CCCCCC=CCC=CCCCCCCCCO[C@H]1CN(Cc2ccccc2)C[C@@H]1OCCCCCCCCC=CCC=CCCCCC. The minimum Gasteiger partial charge on any atom is -0.374 e. The monoisotopic (exact) mass is 690 g/mol. The van der Waals surface area contributed by atoms with E-state index in [1.807, 2.05) is 0 Å². The molecule has 1 aromatic carbocycles. The summed E-state index contributed by atoms with van der Waals surface area (Å²) in [7, 11) is 0. The van der Waals surface area contributed by atoms with Gasteiger partial charge < -0.3 is 9.47 Å². The molecule has 0 N–H and O–H groups in total. The van der Waals surface area contributed by atoms with Gasteiger partial charge in [0.2, 0.25) is 0 Å². The summed E-state index contributed by atoms with van der Waals surface area (Å²) in [4.78, 5) is 2.53. The molecule has 50 heavy (non-hydrogen) atoms. The van der Waals surface area contributed by atoms with Crippen molar-refractivity contribution in [2.45, 2.75) is 187 Å². The second-order valence-electron chi connectivity index (χ2n) is 14.7. The van der Waals surface area contributed by atoms with Crippen molar-refractivity contribution in [2.75, 3.05) is 26.3 Å². The summed E-state index contributed by atoms with van der Waals surface area (Å²) in [6, 6.07) is 10.9. The predicted octanol–water partition coefficient (Wildman–Crippen LogP) is 13.9. The van der Waals surface area contributed by atoms with Crippen molar-refractivity contribution in [3.8, 4) is 0 Å². The molecular formula is C47H79NO2. The Balaban J connectivity index is 1.51. The summed E-state index contributed by atoms with van der Waals surface area (Å²) < 4.78 is 13.0. The van der Waals surface area contributed by atoms with Crippen molar-refractivity contribution in [2.24, 2.45) is 0 Å². The van der Waals surface area contributed by atoms with Crippen molar-refractivity contribution < 1.29 is 9.47 Å². The number of rotatable bonds is 34. The predicted molar refractivity (Wildman–Crippen MR) is 220 cm³/mol. The largest absolute Gasteiger partial charge is 0.374 e. The zero-order chi connectivity index (χ0) is 35.4. The van der Waals surface area contributed by atoms with Gasteiger partial charge in [-0.25, -0.2) is 0 Å². The molecule has 284 valence electrons. The van der Waals surface area contributed by atoms with E-state index in [0.29, 0.717) is 0 Å². The van der Waals surface area contributed by atoms with Crippen molar-refractivity contribution in [3.63, 3.8) is 0 Å². The first-order chi connectivity index (χ1) is 24.8. The summed E-state index contributed by atoms with van der Waals surface area (Å²) >= 11 is 0. The molecule has 1 aliphatic heterocycles. The Morgan fingerprint density at radius 2 is 0.860 bits per heavy atom. The maximum atomic E-state index is 6.50. The zero-order valence-electron chi connectivity index (χ0n) is 32.9. The van der Waals surface area contributed by atoms with Gasteiger partial charge in [0.15, 0.2) is 0 Å². The number of likely N-dealkylation sites (tertiary alicyclic amines) is 1. The van der Waals surface area contributed by atoms with Gasteiger partial charge in [-0.05, 0) is 82.6 Å². The van der Waals surface area contributed by atoms with Crippen LogP contribution in [0.15, 0.2) is 78.9 Å². The molecule has 3 heteroatoms. The van der Waals surface area contributed by atoms with E-state index in [2.05, 4.69) is 97.7 Å². The van der Waals surface area contributed by atoms with E-state index in [9.17, 15) is 0 Å². The lowest BCUT2D eigenvalue weighted by Gasteiger charge is -2.20. The molecule has 1 aromatic rings. The molecule has 0 radical (unpaired) electrons. The average molecular weight is 690 g/mol. The van der Waals surface area contributed by atoms with Gasteiger partial charge in [-0.15, -0.1) is 0 Å². The third-order valence-corrected chi connectivity index (χ3v) is 9.89. The van der Waals surface area contributed by atoms with Crippen LogP contribution in [0.3, 0.4) is 0 Å². The van der Waals surface area contributed by atoms with Gasteiger partial charge in [-0.2, -0.15) is 0 Å². The van der Waals surface area contributed by atoms with E-state index < -0.39 is 0 Å². The number of benzene rings is 1. The molecule has 0 aromatic heterocycles. The van der Waals surface area contributed by atoms with E-state index in [4.69, 9.17) is 9.47 Å². The fourth-order valence-electron chi connectivity index (χ4n) is 6.76. The highest BCUT2D eigenvalue weighted by Gasteiger charge is 2.34. The standard InChI is InChI=1S/C47H79NO2/c1-3-5-7-9-11-13-15-17-19-21-23-25-27-29-31-36-40-49-46-43-48(42-45-38-34-33-35-39-45)44-47(46)50-41-37-32-30-28-26-24-22-20-18-16-14-12-10-8-6-4-2/h11-14,17-20,33-35,38-39,46-47H,3-10,15-16,21-32,36-37,40-44H2,1-2H3/t46-,47-/m0/s1. The molecule has 0 amide bonds. The molecule has 0 spiro atoms. The highest BCUT2D eigenvalue weighted by Crippen LogP contribution is 2.21. The van der Waals surface area contributed by atoms with Crippen LogP contribution in [0.1, 0.15) is 174 Å². The number of hydrogen-bond acceptors (Lipinski definition) is 3. The summed E-state index contributed by atoms with van der Waals surface area (Å²) in [5.41, 5.74) is 1.38. The van der Waals surface area contributed by atoms with Crippen LogP contribution in [0.25, 0.3) is 0 Å². The molecule has 0 bridgehead atoms. The van der Waals surface area contributed by atoms with Crippen LogP contribution in [0.5, 0.6) is 0 Å². The van der Waals surface area contributed by atoms with Crippen LogP contribution in [0.2, 0.25) is 0 Å². The number of ether oxygens (including phenoxy) is 2. The first kappa shape index (κ1) is 44.2. The summed E-state index contributed by atoms with van der Waals surface area (Å²) in [6.07, 6.45) is 49.9.